The highest BCUT2D eigenvalue weighted by molar-refractivity contribution is 7.92. The highest BCUT2D eigenvalue weighted by Crippen LogP contribution is 2.18. The van der Waals surface area contributed by atoms with Gasteiger partial charge in [0, 0.05) is 25.3 Å². The Kier molecular flexibility index (Phi) is 5.99. The number of hydrogen-bond acceptors (Lipinski definition) is 4. The van der Waals surface area contributed by atoms with Crippen molar-refractivity contribution in [2.24, 2.45) is 0 Å². The van der Waals surface area contributed by atoms with Crippen molar-refractivity contribution in [3.05, 3.63) is 54.1 Å². The van der Waals surface area contributed by atoms with Crippen molar-refractivity contribution in [1.29, 1.82) is 0 Å². The van der Waals surface area contributed by atoms with Crippen molar-refractivity contribution >= 4 is 38.9 Å². The fourth-order valence-corrected chi connectivity index (χ4v) is 2.79. The lowest BCUT2D eigenvalue weighted by atomic mass is 10.1. The fourth-order valence-electron chi connectivity index (χ4n) is 2.28. The van der Waals surface area contributed by atoms with Crippen molar-refractivity contribution in [2.75, 3.05) is 28.2 Å². The number of rotatable bonds is 6. The van der Waals surface area contributed by atoms with Gasteiger partial charge in [-0.1, -0.05) is 18.2 Å². The van der Waals surface area contributed by atoms with Gasteiger partial charge in [0.15, 0.2) is 0 Å². The summed E-state index contributed by atoms with van der Waals surface area (Å²) in [4.78, 5) is 23.3. The quantitative estimate of drug-likeness (QED) is 0.809. The first-order valence-electron chi connectivity index (χ1n) is 7.85. The molecule has 0 saturated heterocycles. The van der Waals surface area contributed by atoms with Gasteiger partial charge in [-0.15, -0.1) is 0 Å². The number of benzene rings is 2. The molecule has 2 rings (SSSR count). The van der Waals surface area contributed by atoms with E-state index in [4.69, 9.17) is 0 Å². The third-order valence-electron chi connectivity index (χ3n) is 3.63. The molecule has 0 aliphatic rings. The highest BCUT2D eigenvalue weighted by Gasteiger charge is 2.12. The van der Waals surface area contributed by atoms with Crippen molar-refractivity contribution in [2.45, 2.75) is 13.3 Å². The average Bonchev–Trinajstić information content (AvgIpc) is 2.53. The lowest BCUT2D eigenvalue weighted by Gasteiger charge is -2.16. The summed E-state index contributed by atoms with van der Waals surface area (Å²) < 4.78 is 24.2. The maximum Gasteiger partial charge on any atom is 0.231 e. The van der Waals surface area contributed by atoms with Crippen LogP contribution in [0.1, 0.15) is 12.5 Å². The van der Waals surface area contributed by atoms with Crippen LogP contribution in [0.3, 0.4) is 0 Å². The molecule has 0 atom stereocenters. The van der Waals surface area contributed by atoms with Gasteiger partial charge in [0.05, 0.1) is 18.4 Å². The van der Waals surface area contributed by atoms with E-state index in [0.717, 1.165) is 11.8 Å². The lowest BCUT2D eigenvalue weighted by molar-refractivity contribution is -0.115. The van der Waals surface area contributed by atoms with E-state index in [0.29, 0.717) is 17.1 Å². The minimum absolute atomic E-state index is 0.146. The second kappa shape index (κ2) is 8.01. The number of sulfonamides is 1. The predicted molar refractivity (Wildman–Crippen MR) is 103 cm³/mol. The van der Waals surface area contributed by atoms with Gasteiger partial charge in [0.25, 0.3) is 0 Å². The molecule has 8 heteroatoms. The molecule has 2 amide bonds. The number of carbonyl (C=O) groups is 2. The minimum atomic E-state index is -3.32. The summed E-state index contributed by atoms with van der Waals surface area (Å²) in [5.41, 5.74) is 2.46. The molecule has 0 saturated carbocycles. The molecule has 0 radical (unpaired) electrons. The number of hydrogen-bond donors (Lipinski definition) is 2. The zero-order valence-electron chi connectivity index (χ0n) is 14.8. The van der Waals surface area contributed by atoms with Gasteiger partial charge in [-0.25, -0.2) is 8.42 Å². The normalized spacial score (nSPS) is 10.9. The van der Waals surface area contributed by atoms with Gasteiger partial charge in [-0.3, -0.25) is 13.9 Å². The van der Waals surface area contributed by atoms with E-state index >= 15 is 0 Å². The second-order valence-electron chi connectivity index (χ2n) is 5.88. The van der Waals surface area contributed by atoms with E-state index in [2.05, 4.69) is 10.6 Å². The number of nitrogens with one attached hydrogen (secondary N) is 2. The molecule has 0 fully saturated rings. The smallest absolute Gasteiger partial charge is 0.231 e. The van der Waals surface area contributed by atoms with Crippen molar-refractivity contribution in [1.82, 2.24) is 0 Å². The van der Waals surface area contributed by atoms with Gasteiger partial charge in [-0.2, -0.15) is 0 Å². The summed E-state index contributed by atoms with van der Waals surface area (Å²) in [6.45, 7) is 1.41. The Labute approximate surface area is 153 Å². The Morgan fingerprint density at radius 1 is 1.00 bits per heavy atom. The Morgan fingerprint density at radius 2 is 1.58 bits per heavy atom. The van der Waals surface area contributed by atoms with Gasteiger partial charge < -0.3 is 10.6 Å². The van der Waals surface area contributed by atoms with Crippen molar-refractivity contribution in [3.63, 3.8) is 0 Å². The summed E-state index contributed by atoms with van der Waals surface area (Å²) >= 11 is 0. The van der Waals surface area contributed by atoms with Crippen LogP contribution in [0, 0.1) is 0 Å². The topological polar surface area (TPSA) is 95.6 Å². The number of amides is 2. The maximum atomic E-state index is 12.2. The summed E-state index contributed by atoms with van der Waals surface area (Å²) in [5, 5.41) is 5.42. The molecule has 2 aromatic carbocycles. The predicted octanol–water partition coefficient (Wildman–Crippen LogP) is 2.22. The largest absolute Gasteiger partial charge is 0.326 e. The molecule has 7 nitrogen and oxygen atoms in total. The molecular weight excluding hydrogens is 354 g/mol. The van der Waals surface area contributed by atoms with E-state index in [1.165, 1.54) is 18.3 Å². The van der Waals surface area contributed by atoms with Crippen LogP contribution in [-0.2, 0) is 26.0 Å². The van der Waals surface area contributed by atoms with Crippen LogP contribution in [0.2, 0.25) is 0 Å². The Balaban J connectivity index is 2.01. The zero-order chi connectivity index (χ0) is 19.3. The molecule has 0 aliphatic carbocycles. The molecule has 26 heavy (non-hydrogen) atoms. The van der Waals surface area contributed by atoms with Crippen LogP contribution in [0.5, 0.6) is 0 Å². The molecule has 0 aliphatic heterocycles. The number of nitrogens with zero attached hydrogens (tertiary/aromatic N) is 1. The van der Waals surface area contributed by atoms with Gasteiger partial charge >= 0.3 is 0 Å². The molecule has 0 bridgehead atoms. The summed E-state index contributed by atoms with van der Waals surface area (Å²) in [5.74, 6) is -0.401. The lowest BCUT2D eigenvalue weighted by Crippen LogP contribution is -2.24. The Morgan fingerprint density at radius 3 is 2.12 bits per heavy atom. The van der Waals surface area contributed by atoms with Crippen LogP contribution >= 0.6 is 0 Å². The van der Waals surface area contributed by atoms with Crippen molar-refractivity contribution < 1.29 is 18.0 Å². The molecular formula is C18H21N3O4S. The summed E-state index contributed by atoms with van der Waals surface area (Å²) in [7, 11) is -1.85. The number of anilines is 3. The van der Waals surface area contributed by atoms with Crippen LogP contribution in [0.4, 0.5) is 17.1 Å². The van der Waals surface area contributed by atoms with Gasteiger partial charge in [-0.05, 0) is 35.9 Å². The van der Waals surface area contributed by atoms with E-state index in [1.54, 1.807) is 48.5 Å². The minimum Gasteiger partial charge on any atom is -0.326 e. The first-order chi connectivity index (χ1) is 12.1. The molecule has 0 unspecified atom stereocenters. The SMILES string of the molecule is CC(=O)Nc1cccc(NC(=O)Cc2ccc(N(C)S(C)(=O)=O)cc2)c1. The second-order valence-corrected chi connectivity index (χ2v) is 7.90. The van der Waals surface area contributed by atoms with E-state index in [9.17, 15) is 18.0 Å². The van der Waals surface area contributed by atoms with E-state index in [-0.39, 0.29) is 18.2 Å². The summed E-state index contributed by atoms with van der Waals surface area (Å²) in [6, 6.07) is 13.6. The van der Waals surface area contributed by atoms with Gasteiger partial charge in [0.1, 0.15) is 0 Å². The third kappa shape index (κ3) is 5.59. The average molecular weight is 375 g/mol. The van der Waals surface area contributed by atoms with Crippen LogP contribution in [-0.4, -0.2) is 33.5 Å². The molecule has 0 spiro atoms. The Bertz CT molecular complexity index is 908. The Hall–Kier alpha value is -2.87. The summed E-state index contributed by atoms with van der Waals surface area (Å²) in [6.07, 6.45) is 1.27. The third-order valence-corrected chi connectivity index (χ3v) is 4.83. The van der Waals surface area contributed by atoms with Crippen LogP contribution in [0.25, 0.3) is 0 Å². The maximum absolute atomic E-state index is 12.2. The van der Waals surface area contributed by atoms with Crippen molar-refractivity contribution in [3.8, 4) is 0 Å². The molecule has 138 valence electrons. The molecule has 0 heterocycles. The monoisotopic (exact) mass is 375 g/mol. The zero-order valence-corrected chi connectivity index (χ0v) is 15.6. The van der Waals surface area contributed by atoms with E-state index in [1.807, 2.05) is 0 Å². The first kappa shape index (κ1) is 19.5. The van der Waals surface area contributed by atoms with Crippen LogP contribution in [0.15, 0.2) is 48.5 Å². The van der Waals surface area contributed by atoms with Crippen LogP contribution < -0.4 is 14.9 Å². The highest BCUT2D eigenvalue weighted by atomic mass is 32.2. The first-order valence-corrected chi connectivity index (χ1v) is 9.70. The van der Waals surface area contributed by atoms with E-state index < -0.39 is 10.0 Å². The molecule has 2 aromatic rings. The fraction of sp³-hybridized carbons (Fsp3) is 0.222. The molecule has 0 aromatic heterocycles. The number of carbonyl (C=O) groups excluding carboxylic acids is 2. The standard InChI is InChI=1S/C18H21N3O4S/c1-13(22)19-15-5-4-6-16(12-15)20-18(23)11-14-7-9-17(10-8-14)21(2)26(3,24)25/h4-10,12H,11H2,1-3H3,(H,19,22)(H,20,23). The van der Waals surface area contributed by atoms with Gasteiger partial charge in [0.2, 0.25) is 21.8 Å². The molecule has 2 N–H and O–H groups in total.